The molecule has 0 aromatic heterocycles. The van der Waals surface area contributed by atoms with Crippen molar-refractivity contribution in [3.05, 3.63) is 34.9 Å². The minimum Gasteiger partial charge on any atom is -0.327 e. The van der Waals surface area contributed by atoms with Gasteiger partial charge >= 0.3 is 0 Å². The highest BCUT2D eigenvalue weighted by atomic mass is 15.1. The summed E-state index contributed by atoms with van der Waals surface area (Å²) in [5, 5.41) is 8.82. The van der Waals surface area contributed by atoms with Crippen LogP contribution < -0.4 is 5.73 Å². The van der Waals surface area contributed by atoms with Gasteiger partial charge in [-0.25, -0.2) is 0 Å². The molecule has 3 heteroatoms. The number of piperidine rings is 1. The highest BCUT2D eigenvalue weighted by molar-refractivity contribution is 5.30. The van der Waals surface area contributed by atoms with Crippen LogP contribution in [0, 0.1) is 31.1 Å². The van der Waals surface area contributed by atoms with Crippen LogP contribution in [0.25, 0.3) is 0 Å². The van der Waals surface area contributed by atoms with Crippen LogP contribution in [-0.4, -0.2) is 30.6 Å². The van der Waals surface area contributed by atoms with Gasteiger partial charge in [-0.15, -0.1) is 0 Å². The number of benzene rings is 1. The number of hydrogen-bond donors (Lipinski definition) is 1. The van der Waals surface area contributed by atoms with Crippen LogP contribution in [0.15, 0.2) is 18.2 Å². The molecule has 2 N–H and O–H groups in total. The Balaban J connectivity index is 2.01. The second-order valence-electron chi connectivity index (χ2n) is 5.84. The highest BCUT2D eigenvalue weighted by Gasteiger charge is 2.24. The molecule has 102 valence electrons. The smallest absolute Gasteiger partial charge is 0.0866 e. The lowest BCUT2D eigenvalue weighted by Crippen LogP contribution is -2.47. The SMILES string of the molecule is Cc1ccc(CC2CC(N)CN(CC#N)C2)cc1C. The van der Waals surface area contributed by atoms with Crippen molar-refractivity contribution < 1.29 is 0 Å². The van der Waals surface area contributed by atoms with Gasteiger partial charge in [-0.1, -0.05) is 18.2 Å². The third kappa shape index (κ3) is 3.79. The molecule has 0 saturated carbocycles. The van der Waals surface area contributed by atoms with E-state index in [1.54, 1.807) is 0 Å². The summed E-state index contributed by atoms with van der Waals surface area (Å²) in [6.45, 7) is 6.65. The van der Waals surface area contributed by atoms with Crippen LogP contribution in [0.1, 0.15) is 23.1 Å². The molecular weight excluding hydrogens is 234 g/mol. The molecule has 1 saturated heterocycles. The monoisotopic (exact) mass is 257 g/mol. The number of nitrogens with zero attached hydrogens (tertiary/aromatic N) is 2. The molecule has 2 atom stereocenters. The molecule has 1 aromatic carbocycles. The Morgan fingerprint density at radius 1 is 1.32 bits per heavy atom. The Labute approximate surface area is 116 Å². The maximum atomic E-state index is 8.82. The quantitative estimate of drug-likeness (QED) is 0.843. The standard InChI is InChI=1S/C16H23N3/c1-12-3-4-14(7-13(12)2)8-15-9-16(18)11-19(10-15)6-5-17/h3-4,7,15-16H,6,8-11,18H2,1-2H3. The zero-order valence-corrected chi connectivity index (χ0v) is 11.9. The lowest BCUT2D eigenvalue weighted by Gasteiger charge is -2.35. The lowest BCUT2D eigenvalue weighted by atomic mass is 9.88. The molecule has 1 aliphatic rings. The summed E-state index contributed by atoms with van der Waals surface area (Å²) >= 11 is 0. The van der Waals surface area contributed by atoms with Crippen LogP contribution in [-0.2, 0) is 6.42 Å². The minimum absolute atomic E-state index is 0.207. The molecule has 1 aromatic rings. The average Bonchev–Trinajstić information content (AvgIpc) is 2.33. The Bertz CT molecular complexity index is 475. The van der Waals surface area contributed by atoms with Gasteiger partial charge in [0, 0.05) is 19.1 Å². The molecule has 2 rings (SSSR count). The van der Waals surface area contributed by atoms with Crippen molar-refractivity contribution in [1.29, 1.82) is 5.26 Å². The molecule has 0 amide bonds. The van der Waals surface area contributed by atoms with Gasteiger partial charge in [0.05, 0.1) is 12.6 Å². The molecule has 0 bridgehead atoms. The van der Waals surface area contributed by atoms with Crippen molar-refractivity contribution in [2.24, 2.45) is 11.7 Å². The van der Waals surface area contributed by atoms with Gasteiger partial charge in [-0.3, -0.25) is 4.90 Å². The first-order chi connectivity index (χ1) is 9.08. The van der Waals surface area contributed by atoms with E-state index in [1.807, 2.05) is 0 Å². The van der Waals surface area contributed by atoms with E-state index in [1.165, 1.54) is 16.7 Å². The number of rotatable bonds is 3. The summed E-state index contributed by atoms with van der Waals surface area (Å²) in [6.07, 6.45) is 2.13. The first kappa shape index (κ1) is 14.0. The van der Waals surface area contributed by atoms with E-state index >= 15 is 0 Å². The summed E-state index contributed by atoms with van der Waals surface area (Å²) in [5.74, 6) is 0.569. The molecular formula is C16H23N3. The maximum Gasteiger partial charge on any atom is 0.0866 e. The minimum atomic E-state index is 0.207. The van der Waals surface area contributed by atoms with Crippen molar-refractivity contribution in [2.75, 3.05) is 19.6 Å². The molecule has 1 aliphatic heterocycles. The van der Waals surface area contributed by atoms with E-state index in [2.05, 4.69) is 43.0 Å². The van der Waals surface area contributed by atoms with Crippen LogP contribution in [0.4, 0.5) is 0 Å². The molecule has 0 radical (unpaired) electrons. The first-order valence-electron chi connectivity index (χ1n) is 6.99. The van der Waals surface area contributed by atoms with E-state index in [4.69, 9.17) is 11.0 Å². The van der Waals surface area contributed by atoms with Crippen molar-refractivity contribution in [1.82, 2.24) is 4.90 Å². The van der Waals surface area contributed by atoms with Gasteiger partial charge in [0.15, 0.2) is 0 Å². The number of nitrogens with two attached hydrogens (primary N) is 1. The van der Waals surface area contributed by atoms with E-state index in [0.717, 1.165) is 25.9 Å². The maximum absolute atomic E-state index is 8.82. The van der Waals surface area contributed by atoms with Crippen molar-refractivity contribution in [2.45, 2.75) is 32.7 Å². The summed E-state index contributed by atoms with van der Waals surface area (Å²) in [4.78, 5) is 2.18. The summed E-state index contributed by atoms with van der Waals surface area (Å²) in [5.41, 5.74) is 10.2. The van der Waals surface area contributed by atoms with Gasteiger partial charge in [0.25, 0.3) is 0 Å². The summed E-state index contributed by atoms with van der Waals surface area (Å²) in [7, 11) is 0. The Morgan fingerprint density at radius 3 is 2.79 bits per heavy atom. The Morgan fingerprint density at radius 2 is 2.11 bits per heavy atom. The van der Waals surface area contributed by atoms with E-state index < -0.39 is 0 Å². The number of hydrogen-bond acceptors (Lipinski definition) is 3. The topological polar surface area (TPSA) is 53.0 Å². The van der Waals surface area contributed by atoms with Gasteiger partial charge in [-0.05, 0) is 49.3 Å². The van der Waals surface area contributed by atoms with Gasteiger partial charge in [-0.2, -0.15) is 5.26 Å². The second kappa shape index (κ2) is 6.18. The van der Waals surface area contributed by atoms with Gasteiger partial charge in [0.1, 0.15) is 0 Å². The largest absolute Gasteiger partial charge is 0.327 e. The second-order valence-corrected chi connectivity index (χ2v) is 5.84. The van der Waals surface area contributed by atoms with E-state index in [0.29, 0.717) is 12.5 Å². The molecule has 0 aliphatic carbocycles. The molecule has 1 heterocycles. The lowest BCUT2D eigenvalue weighted by molar-refractivity contribution is 0.172. The van der Waals surface area contributed by atoms with Gasteiger partial charge in [0.2, 0.25) is 0 Å². The normalized spacial score (nSPS) is 24.1. The van der Waals surface area contributed by atoms with Crippen LogP contribution >= 0.6 is 0 Å². The Hall–Kier alpha value is -1.37. The Kier molecular flexibility index (Phi) is 4.57. The third-order valence-electron chi connectivity index (χ3n) is 4.04. The molecule has 3 nitrogen and oxygen atoms in total. The van der Waals surface area contributed by atoms with Crippen LogP contribution in [0.2, 0.25) is 0 Å². The predicted molar refractivity (Wildman–Crippen MR) is 77.8 cm³/mol. The molecule has 1 fully saturated rings. The number of aryl methyl sites for hydroxylation is 2. The highest BCUT2D eigenvalue weighted by Crippen LogP contribution is 2.21. The molecule has 0 spiro atoms. The summed E-state index contributed by atoms with van der Waals surface area (Å²) in [6, 6.07) is 9.13. The van der Waals surface area contributed by atoms with Crippen molar-refractivity contribution in [3.63, 3.8) is 0 Å². The average molecular weight is 257 g/mol. The van der Waals surface area contributed by atoms with Crippen LogP contribution in [0.3, 0.4) is 0 Å². The third-order valence-corrected chi connectivity index (χ3v) is 4.04. The van der Waals surface area contributed by atoms with Crippen molar-refractivity contribution >= 4 is 0 Å². The van der Waals surface area contributed by atoms with Gasteiger partial charge < -0.3 is 5.73 Å². The van der Waals surface area contributed by atoms with Crippen molar-refractivity contribution in [3.8, 4) is 6.07 Å². The summed E-state index contributed by atoms with van der Waals surface area (Å²) < 4.78 is 0. The zero-order valence-electron chi connectivity index (χ0n) is 11.9. The molecule has 2 unspecified atom stereocenters. The number of likely N-dealkylation sites (tertiary alicyclic amines) is 1. The predicted octanol–water partition coefficient (Wildman–Crippen LogP) is 2.02. The number of nitriles is 1. The fourth-order valence-corrected chi connectivity index (χ4v) is 2.99. The van der Waals surface area contributed by atoms with Crippen LogP contribution in [0.5, 0.6) is 0 Å². The van der Waals surface area contributed by atoms with E-state index in [9.17, 15) is 0 Å². The van der Waals surface area contributed by atoms with E-state index in [-0.39, 0.29) is 6.04 Å². The fraction of sp³-hybridized carbons (Fsp3) is 0.562. The zero-order chi connectivity index (χ0) is 13.8. The molecule has 19 heavy (non-hydrogen) atoms. The fourth-order valence-electron chi connectivity index (χ4n) is 2.99. The first-order valence-corrected chi connectivity index (χ1v) is 6.99.